The van der Waals surface area contributed by atoms with Crippen molar-refractivity contribution in [3.63, 3.8) is 0 Å². The largest absolute Gasteiger partial charge is 0.493 e. The number of amides is 2. The lowest BCUT2D eigenvalue weighted by atomic mass is 9.90. The molecule has 8 nitrogen and oxygen atoms in total. The molecule has 2 N–H and O–H groups in total. The van der Waals surface area contributed by atoms with Crippen LogP contribution in [0.5, 0.6) is 11.5 Å². The van der Waals surface area contributed by atoms with E-state index in [0.29, 0.717) is 16.9 Å². The van der Waals surface area contributed by atoms with Gasteiger partial charge < -0.3 is 14.8 Å². The Labute approximate surface area is 240 Å². The Morgan fingerprint density at radius 3 is 2.15 bits per heavy atom. The molecule has 0 heterocycles. The predicted octanol–water partition coefficient (Wildman–Crippen LogP) is 5.08. The lowest BCUT2D eigenvalue weighted by Crippen LogP contribution is -2.37. The average molecular weight is 600 g/mol. The summed E-state index contributed by atoms with van der Waals surface area (Å²) in [6.45, 7) is -0.250. The van der Waals surface area contributed by atoms with E-state index < -0.39 is 17.8 Å². The first kappa shape index (κ1) is 28.3. The summed E-state index contributed by atoms with van der Waals surface area (Å²) in [4.78, 5) is 37.9. The third-order valence-electron chi connectivity index (χ3n) is 5.80. The summed E-state index contributed by atoms with van der Waals surface area (Å²) in [5.41, 5.74) is 5.03. The zero-order chi connectivity index (χ0) is 28.3. The van der Waals surface area contributed by atoms with Crippen LogP contribution < -0.4 is 20.2 Å². The molecule has 0 atom stereocenters. The second-order valence-corrected chi connectivity index (χ2v) is 9.49. The number of esters is 1. The first-order valence-electron chi connectivity index (χ1n) is 12.3. The third kappa shape index (κ3) is 7.64. The molecule has 4 aromatic carbocycles. The van der Waals surface area contributed by atoms with E-state index in [-0.39, 0.29) is 18.2 Å². The Morgan fingerprint density at radius 1 is 0.850 bits per heavy atom. The van der Waals surface area contributed by atoms with Crippen LogP contribution in [0, 0.1) is 0 Å². The number of nitrogens with one attached hydrogen (secondary N) is 2. The molecule has 40 heavy (non-hydrogen) atoms. The summed E-state index contributed by atoms with van der Waals surface area (Å²) >= 11 is 3.33. The van der Waals surface area contributed by atoms with Crippen LogP contribution in [-0.4, -0.2) is 37.7 Å². The zero-order valence-electron chi connectivity index (χ0n) is 21.5. The Bertz CT molecular complexity index is 1470. The number of hydrogen-bond acceptors (Lipinski definition) is 6. The quantitative estimate of drug-likeness (QED) is 0.114. The van der Waals surface area contributed by atoms with Crippen molar-refractivity contribution in [2.75, 3.05) is 13.7 Å². The maximum atomic E-state index is 13.0. The molecule has 9 heteroatoms. The summed E-state index contributed by atoms with van der Waals surface area (Å²) in [6.07, 6.45) is 1.42. The van der Waals surface area contributed by atoms with E-state index in [1.54, 1.807) is 36.4 Å². The molecule has 0 radical (unpaired) electrons. The second-order valence-electron chi connectivity index (χ2n) is 8.58. The Morgan fingerprint density at radius 2 is 1.52 bits per heavy atom. The average Bonchev–Trinajstić information content (AvgIpc) is 2.98. The van der Waals surface area contributed by atoms with Crippen LogP contribution in [0.1, 0.15) is 33.0 Å². The SMILES string of the molecule is COc1cc(/C=N\NC(=O)CNC(=O)C(c2ccccc2)c2ccccc2)ccc1OC(=O)c1cccc(Br)c1. The number of carbonyl (C=O) groups is 3. The number of hydrazone groups is 1. The zero-order valence-corrected chi connectivity index (χ0v) is 23.1. The lowest BCUT2D eigenvalue weighted by molar-refractivity contribution is -0.126. The number of rotatable bonds is 10. The van der Waals surface area contributed by atoms with Gasteiger partial charge in [0.15, 0.2) is 11.5 Å². The van der Waals surface area contributed by atoms with Gasteiger partial charge in [-0.05, 0) is 53.1 Å². The van der Waals surface area contributed by atoms with Gasteiger partial charge in [0, 0.05) is 4.47 Å². The Hall–Kier alpha value is -4.76. The number of nitrogens with zero attached hydrogens (tertiary/aromatic N) is 1. The van der Waals surface area contributed by atoms with Gasteiger partial charge in [-0.3, -0.25) is 9.59 Å². The fourth-order valence-corrected chi connectivity index (χ4v) is 4.30. The van der Waals surface area contributed by atoms with Gasteiger partial charge in [0.2, 0.25) is 5.91 Å². The molecule has 0 bridgehead atoms. The molecule has 0 unspecified atom stereocenters. The van der Waals surface area contributed by atoms with Crippen LogP contribution in [0.3, 0.4) is 0 Å². The molecule has 0 saturated carbocycles. The summed E-state index contributed by atoms with van der Waals surface area (Å²) < 4.78 is 11.6. The van der Waals surface area contributed by atoms with Gasteiger partial charge >= 0.3 is 5.97 Å². The van der Waals surface area contributed by atoms with Crippen molar-refractivity contribution in [1.29, 1.82) is 0 Å². The summed E-state index contributed by atoms with van der Waals surface area (Å²) in [5.74, 6) is -1.31. The highest BCUT2D eigenvalue weighted by Crippen LogP contribution is 2.29. The fraction of sp³-hybridized carbons (Fsp3) is 0.0968. The van der Waals surface area contributed by atoms with Gasteiger partial charge in [0.25, 0.3) is 5.91 Å². The molecule has 0 aliphatic rings. The van der Waals surface area contributed by atoms with Gasteiger partial charge in [0.1, 0.15) is 0 Å². The number of benzene rings is 4. The highest BCUT2D eigenvalue weighted by molar-refractivity contribution is 9.10. The van der Waals surface area contributed by atoms with Crippen LogP contribution >= 0.6 is 15.9 Å². The minimum Gasteiger partial charge on any atom is -0.493 e. The summed E-state index contributed by atoms with van der Waals surface area (Å²) in [6, 6.07) is 30.5. The molecule has 0 spiro atoms. The molecular weight excluding hydrogens is 574 g/mol. The van der Waals surface area contributed by atoms with Crippen LogP contribution in [0.15, 0.2) is 113 Å². The molecule has 2 amide bonds. The highest BCUT2D eigenvalue weighted by atomic mass is 79.9. The maximum Gasteiger partial charge on any atom is 0.343 e. The summed E-state index contributed by atoms with van der Waals surface area (Å²) in [7, 11) is 1.45. The van der Waals surface area contributed by atoms with E-state index >= 15 is 0 Å². The molecule has 0 aliphatic heterocycles. The van der Waals surface area contributed by atoms with Gasteiger partial charge in [-0.1, -0.05) is 82.7 Å². The second kappa shape index (κ2) is 13.9. The smallest absolute Gasteiger partial charge is 0.343 e. The van der Waals surface area contributed by atoms with Crippen molar-refractivity contribution >= 4 is 39.9 Å². The molecule has 0 aliphatic carbocycles. The van der Waals surface area contributed by atoms with E-state index in [2.05, 4.69) is 31.8 Å². The van der Waals surface area contributed by atoms with E-state index in [0.717, 1.165) is 15.6 Å². The normalized spacial score (nSPS) is 10.8. The van der Waals surface area contributed by atoms with Gasteiger partial charge in [-0.2, -0.15) is 5.10 Å². The van der Waals surface area contributed by atoms with Gasteiger partial charge in [-0.15, -0.1) is 0 Å². The molecule has 4 aromatic rings. The van der Waals surface area contributed by atoms with Crippen LogP contribution in [-0.2, 0) is 9.59 Å². The molecule has 0 fully saturated rings. The number of halogens is 1. The molecular formula is C31H26BrN3O5. The number of methoxy groups -OCH3 is 1. The molecule has 202 valence electrons. The topological polar surface area (TPSA) is 106 Å². The first-order valence-corrected chi connectivity index (χ1v) is 13.1. The van der Waals surface area contributed by atoms with Crippen LogP contribution in [0.2, 0.25) is 0 Å². The first-order chi connectivity index (χ1) is 19.4. The predicted molar refractivity (Wildman–Crippen MR) is 156 cm³/mol. The molecule has 0 aromatic heterocycles. The third-order valence-corrected chi connectivity index (χ3v) is 6.30. The lowest BCUT2D eigenvalue weighted by Gasteiger charge is -2.17. The monoisotopic (exact) mass is 599 g/mol. The minimum absolute atomic E-state index is 0.239. The van der Waals surface area contributed by atoms with Crippen LogP contribution in [0.4, 0.5) is 0 Å². The number of ether oxygens (including phenoxy) is 2. The van der Waals surface area contributed by atoms with E-state index in [9.17, 15) is 14.4 Å². The Balaban J connectivity index is 1.34. The van der Waals surface area contributed by atoms with Crippen molar-refractivity contribution in [2.24, 2.45) is 5.10 Å². The van der Waals surface area contributed by atoms with E-state index in [1.165, 1.54) is 13.3 Å². The van der Waals surface area contributed by atoms with Crippen molar-refractivity contribution in [3.8, 4) is 11.5 Å². The van der Waals surface area contributed by atoms with Gasteiger partial charge in [-0.25, -0.2) is 10.2 Å². The standard InChI is InChI=1S/C31H26BrN3O5/c1-39-27-17-21(15-16-26(27)40-31(38)24-13-8-14-25(32)18-24)19-34-35-28(36)20-33-30(37)29(22-9-4-2-5-10-22)23-11-6-3-7-12-23/h2-19,29H,20H2,1H3,(H,33,37)(H,35,36)/b34-19-. The van der Waals surface area contributed by atoms with Gasteiger partial charge in [0.05, 0.1) is 31.4 Å². The number of hydrogen-bond donors (Lipinski definition) is 2. The van der Waals surface area contributed by atoms with Crippen molar-refractivity contribution < 1.29 is 23.9 Å². The highest BCUT2D eigenvalue weighted by Gasteiger charge is 2.22. The summed E-state index contributed by atoms with van der Waals surface area (Å²) in [5, 5.41) is 6.65. The van der Waals surface area contributed by atoms with Crippen LogP contribution in [0.25, 0.3) is 0 Å². The maximum absolute atomic E-state index is 13.0. The number of carbonyl (C=O) groups excluding carboxylic acids is 3. The van der Waals surface area contributed by atoms with E-state index in [1.807, 2.05) is 66.7 Å². The van der Waals surface area contributed by atoms with E-state index in [4.69, 9.17) is 9.47 Å². The minimum atomic E-state index is -0.554. The molecule has 4 rings (SSSR count). The molecule has 0 saturated heterocycles. The fourth-order valence-electron chi connectivity index (χ4n) is 3.90. The van der Waals surface area contributed by atoms with Crippen molar-refractivity contribution in [2.45, 2.75) is 5.92 Å². The van der Waals surface area contributed by atoms with Crippen molar-refractivity contribution in [1.82, 2.24) is 10.7 Å². The van der Waals surface area contributed by atoms with Crippen molar-refractivity contribution in [3.05, 3.63) is 130 Å². The Kier molecular flexibility index (Phi) is 9.79.